The Bertz CT molecular complexity index is 810. The Balaban J connectivity index is 0.000000636. The largest absolute Gasteiger partial charge is 0.0683 e. The van der Waals surface area contributed by atoms with Crippen LogP contribution in [0.3, 0.4) is 0 Å². The van der Waals surface area contributed by atoms with Crippen LogP contribution in [0.1, 0.15) is 36.1 Å². The van der Waals surface area contributed by atoms with Crippen molar-refractivity contribution >= 4 is 10.8 Å². The summed E-state index contributed by atoms with van der Waals surface area (Å²) in [5.41, 5.74) is 8.46. The van der Waals surface area contributed by atoms with E-state index in [2.05, 4.69) is 62.4 Å². The van der Waals surface area contributed by atoms with Crippen molar-refractivity contribution in [1.82, 2.24) is 0 Å². The van der Waals surface area contributed by atoms with E-state index >= 15 is 0 Å². The summed E-state index contributed by atoms with van der Waals surface area (Å²) in [5.74, 6) is 0. The Labute approximate surface area is 127 Å². The molecule has 0 unspecified atom stereocenters. The highest BCUT2D eigenvalue weighted by molar-refractivity contribution is 6.03. The Morgan fingerprint density at radius 2 is 1.57 bits per heavy atom. The molecule has 0 spiro atoms. The van der Waals surface area contributed by atoms with Crippen LogP contribution in [0.2, 0.25) is 0 Å². The average molecular weight is 274 g/mol. The highest BCUT2D eigenvalue weighted by Crippen LogP contribution is 2.40. The summed E-state index contributed by atoms with van der Waals surface area (Å²) in [6, 6.07) is 18.1. The minimum atomic E-state index is 1.06. The molecule has 0 aromatic heterocycles. The van der Waals surface area contributed by atoms with Crippen molar-refractivity contribution in [2.75, 3.05) is 0 Å². The molecule has 1 aliphatic rings. The molecule has 0 amide bonds. The van der Waals surface area contributed by atoms with Gasteiger partial charge in [-0.2, -0.15) is 0 Å². The molecule has 0 N–H and O–H groups in total. The normalized spacial score (nSPS) is 11.6. The van der Waals surface area contributed by atoms with E-state index in [4.69, 9.17) is 0 Å². The maximum Gasteiger partial charge on any atom is -0.00131 e. The van der Waals surface area contributed by atoms with Crippen LogP contribution in [0.4, 0.5) is 0 Å². The second-order valence-corrected chi connectivity index (χ2v) is 5.61. The molecule has 1 aliphatic carbocycles. The van der Waals surface area contributed by atoms with Gasteiger partial charge in [-0.15, -0.1) is 0 Å². The first-order valence-corrected chi connectivity index (χ1v) is 7.85. The van der Waals surface area contributed by atoms with Gasteiger partial charge >= 0.3 is 0 Å². The van der Waals surface area contributed by atoms with Crippen LogP contribution in [-0.2, 0) is 6.42 Å². The number of hydrogen-bond donors (Lipinski definition) is 0. The predicted octanol–water partition coefficient (Wildman–Crippen LogP) is 6.05. The first kappa shape index (κ1) is 13.9. The topological polar surface area (TPSA) is 0 Å². The molecular formula is C21H22. The summed E-state index contributed by atoms with van der Waals surface area (Å²) in [6.45, 7) is 8.37. The summed E-state index contributed by atoms with van der Waals surface area (Å²) < 4.78 is 0. The van der Waals surface area contributed by atoms with E-state index in [1.807, 2.05) is 13.8 Å². The zero-order chi connectivity index (χ0) is 15.0. The molecule has 0 fully saturated rings. The number of rotatable bonds is 0. The first-order chi connectivity index (χ1) is 10.2. The van der Waals surface area contributed by atoms with Gasteiger partial charge in [-0.05, 0) is 58.9 Å². The lowest BCUT2D eigenvalue weighted by Crippen LogP contribution is -2.02. The summed E-state index contributed by atoms with van der Waals surface area (Å²) in [5, 5.41) is 2.86. The predicted molar refractivity (Wildman–Crippen MR) is 93.0 cm³/mol. The van der Waals surface area contributed by atoms with Gasteiger partial charge in [0.15, 0.2) is 0 Å². The molecule has 106 valence electrons. The van der Waals surface area contributed by atoms with Gasteiger partial charge in [0.05, 0.1) is 0 Å². The third kappa shape index (κ3) is 2.15. The van der Waals surface area contributed by atoms with Crippen molar-refractivity contribution in [2.24, 2.45) is 0 Å². The van der Waals surface area contributed by atoms with Crippen molar-refractivity contribution in [3.63, 3.8) is 0 Å². The van der Waals surface area contributed by atoms with E-state index in [0.29, 0.717) is 0 Å². The molecule has 0 radical (unpaired) electrons. The average Bonchev–Trinajstić information content (AvgIpc) is 2.52. The van der Waals surface area contributed by atoms with Gasteiger partial charge in [-0.25, -0.2) is 0 Å². The van der Waals surface area contributed by atoms with Crippen molar-refractivity contribution in [2.45, 2.75) is 34.1 Å². The zero-order valence-corrected chi connectivity index (χ0v) is 13.3. The number of benzene rings is 3. The molecule has 21 heavy (non-hydrogen) atoms. The van der Waals surface area contributed by atoms with Gasteiger partial charge in [0.25, 0.3) is 0 Å². The fourth-order valence-electron chi connectivity index (χ4n) is 3.33. The second-order valence-electron chi connectivity index (χ2n) is 5.61. The molecular weight excluding hydrogens is 252 g/mol. The quantitative estimate of drug-likeness (QED) is 0.366. The minimum absolute atomic E-state index is 1.06. The van der Waals surface area contributed by atoms with Crippen molar-refractivity contribution < 1.29 is 0 Å². The summed E-state index contributed by atoms with van der Waals surface area (Å²) in [6.07, 6.45) is 1.06. The highest BCUT2D eigenvalue weighted by atomic mass is 14.2. The van der Waals surface area contributed by atoms with Crippen LogP contribution >= 0.6 is 0 Å². The van der Waals surface area contributed by atoms with Gasteiger partial charge < -0.3 is 0 Å². The van der Waals surface area contributed by atoms with Crippen LogP contribution in [0.15, 0.2) is 48.5 Å². The number of fused-ring (bicyclic) bond motifs is 2. The highest BCUT2D eigenvalue weighted by Gasteiger charge is 2.18. The van der Waals surface area contributed by atoms with Gasteiger partial charge in [-0.3, -0.25) is 0 Å². The van der Waals surface area contributed by atoms with Crippen LogP contribution in [0.5, 0.6) is 0 Å². The Kier molecular flexibility index (Phi) is 3.55. The van der Waals surface area contributed by atoms with Gasteiger partial charge in [-0.1, -0.05) is 67.9 Å². The molecule has 0 heterocycles. The van der Waals surface area contributed by atoms with E-state index in [1.165, 1.54) is 44.2 Å². The SMILES string of the molecule is CC.Cc1ccc2c(c1)Cc1ccc(C)c3cccc-2c13. The molecule has 3 aromatic rings. The van der Waals surface area contributed by atoms with Crippen LogP contribution in [0.25, 0.3) is 21.9 Å². The maximum absolute atomic E-state index is 2.33. The van der Waals surface area contributed by atoms with E-state index in [1.54, 1.807) is 0 Å². The third-order valence-electron chi connectivity index (χ3n) is 4.28. The molecule has 0 saturated carbocycles. The second kappa shape index (κ2) is 5.37. The lowest BCUT2D eigenvalue weighted by molar-refractivity contribution is 1.18. The lowest BCUT2D eigenvalue weighted by atomic mass is 9.82. The summed E-state index contributed by atoms with van der Waals surface area (Å²) >= 11 is 0. The molecule has 0 saturated heterocycles. The van der Waals surface area contributed by atoms with Crippen molar-refractivity contribution in [3.05, 3.63) is 70.8 Å². The molecule has 4 rings (SSSR count). The fraction of sp³-hybridized carbons (Fsp3) is 0.238. The first-order valence-electron chi connectivity index (χ1n) is 7.85. The van der Waals surface area contributed by atoms with Gasteiger partial charge in [0.2, 0.25) is 0 Å². The van der Waals surface area contributed by atoms with Gasteiger partial charge in [0, 0.05) is 0 Å². The molecule has 0 atom stereocenters. The maximum atomic E-state index is 2.33. The number of aryl methyl sites for hydroxylation is 2. The number of hydrogen-bond acceptors (Lipinski definition) is 0. The summed E-state index contributed by atoms with van der Waals surface area (Å²) in [4.78, 5) is 0. The monoisotopic (exact) mass is 274 g/mol. The van der Waals surface area contributed by atoms with E-state index in [-0.39, 0.29) is 0 Å². The molecule has 0 aliphatic heterocycles. The fourth-order valence-corrected chi connectivity index (χ4v) is 3.33. The Morgan fingerprint density at radius 3 is 2.38 bits per heavy atom. The van der Waals surface area contributed by atoms with Gasteiger partial charge in [0.1, 0.15) is 0 Å². The van der Waals surface area contributed by atoms with Crippen molar-refractivity contribution in [3.8, 4) is 11.1 Å². The van der Waals surface area contributed by atoms with E-state index in [9.17, 15) is 0 Å². The standard InChI is InChI=1S/C19H16.C2H6/c1-12-6-9-17-15(10-12)11-14-8-7-13(2)16-4-3-5-18(17)19(14)16;1-2/h3-10H,11H2,1-2H3;1-2H3. The Morgan fingerprint density at radius 1 is 0.762 bits per heavy atom. The van der Waals surface area contributed by atoms with Crippen molar-refractivity contribution in [1.29, 1.82) is 0 Å². The molecule has 3 aromatic carbocycles. The van der Waals surface area contributed by atoms with E-state index in [0.717, 1.165) is 6.42 Å². The molecule has 0 bridgehead atoms. The van der Waals surface area contributed by atoms with Crippen LogP contribution < -0.4 is 0 Å². The lowest BCUT2D eigenvalue weighted by Gasteiger charge is -2.22. The Hall–Kier alpha value is -2.08. The van der Waals surface area contributed by atoms with Crippen LogP contribution in [-0.4, -0.2) is 0 Å². The molecule has 0 heteroatoms. The zero-order valence-electron chi connectivity index (χ0n) is 13.3. The third-order valence-corrected chi connectivity index (χ3v) is 4.28. The summed E-state index contributed by atoms with van der Waals surface area (Å²) in [7, 11) is 0. The minimum Gasteiger partial charge on any atom is -0.0683 e. The van der Waals surface area contributed by atoms with E-state index < -0.39 is 0 Å². The molecule has 0 nitrogen and oxygen atoms in total. The smallest absolute Gasteiger partial charge is 0.00131 e. The van der Waals surface area contributed by atoms with Crippen LogP contribution in [0, 0.1) is 13.8 Å².